The number of para-hydroxylation sites is 2. The van der Waals surface area contributed by atoms with E-state index in [0.717, 1.165) is 42.8 Å². The first kappa shape index (κ1) is 21.6. The molecule has 5 rings (SSSR count). The zero-order valence-corrected chi connectivity index (χ0v) is 19.3. The molecule has 1 atom stereocenters. The zero-order chi connectivity index (χ0) is 22.9. The van der Waals surface area contributed by atoms with Gasteiger partial charge in [0.2, 0.25) is 11.8 Å². The number of anilines is 1. The second kappa shape index (κ2) is 8.93. The summed E-state index contributed by atoms with van der Waals surface area (Å²) >= 11 is 0. The molecular weight excluding hydrogens is 414 g/mol. The van der Waals surface area contributed by atoms with Crippen LogP contribution in [0.2, 0.25) is 0 Å². The van der Waals surface area contributed by atoms with Gasteiger partial charge in [0, 0.05) is 18.2 Å². The predicted molar refractivity (Wildman–Crippen MR) is 127 cm³/mol. The topological polar surface area (TPSA) is 58.7 Å². The molecule has 2 aliphatic rings. The lowest BCUT2D eigenvalue weighted by atomic mass is 9.88. The summed E-state index contributed by atoms with van der Waals surface area (Å²) in [5.74, 6) is 0.739. The van der Waals surface area contributed by atoms with Gasteiger partial charge in [-0.1, -0.05) is 31.4 Å². The minimum atomic E-state index is -0.392. The van der Waals surface area contributed by atoms with E-state index in [-0.39, 0.29) is 30.3 Å². The molecule has 1 aliphatic carbocycles. The summed E-state index contributed by atoms with van der Waals surface area (Å²) in [6, 6.07) is 15.2. The van der Waals surface area contributed by atoms with Crippen molar-refractivity contribution in [3.63, 3.8) is 0 Å². The maximum Gasteiger partial charge on any atom is 0.247 e. The SMILES string of the molecule is CC(C)N(CC(=O)N1c2ccccc2-n2cccc2C1c1ccco1)C(=O)C1CCCCC1. The van der Waals surface area contributed by atoms with Crippen LogP contribution in [0.1, 0.15) is 63.4 Å². The predicted octanol–water partition coefficient (Wildman–Crippen LogP) is 5.32. The lowest BCUT2D eigenvalue weighted by Gasteiger charge is -2.39. The van der Waals surface area contributed by atoms with Gasteiger partial charge in [0.1, 0.15) is 18.3 Å². The summed E-state index contributed by atoms with van der Waals surface area (Å²) in [5.41, 5.74) is 2.73. The van der Waals surface area contributed by atoms with Crippen LogP contribution in [-0.2, 0) is 9.59 Å². The number of hydrogen-bond donors (Lipinski definition) is 0. The Kier molecular flexibility index (Phi) is 5.83. The van der Waals surface area contributed by atoms with Crippen molar-refractivity contribution in [2.45, 2.75) is 58.0 Å². The molecule has 33 heavy (non-hydrogen) atoms. The maximum atomic E-state index is 14.0. The number of fused-ring (bicyclic) bond motifs is 3. The van der Waals surface area contributed by atoms with Crippen molar-refractivity contribution >= 4 is 17.5 Å². The molecule has 2 amide bonds. The molecule has 6 nitrogen and oxygen atoms in total. The Hall–Kier alpha value is -3.28. The number of rotatable bonds is 5. The van der Waals surface area contributed by atoms with Gasteiger partial charge in [-0.05, 0) is 63.1 Å². The van der Waals surface area contributed by atoms with Gasteiger partial charge in [0.05, 0.1) is 23.3 Å². The summed E-state index contributed by atoms with van der Waals surface area (Å²) in [5, 5.41) is 0. The number of carbonyl (C=O) groups excluding carboxylic acids is 2. The number of hydrogen-bond acceptors (Lipinski definition) is 3. The van der Waals surface area contributed by atoms with E-state index < -0.39 is 6.04 Å². The number of carbonyl (C=O) groups is 2. The number of aromatic nitrogens is 1. The Balaban J connectivity index is 1.51. The number of amides is 2. The van der Waals surface area contributed by atoms with E-state index in [1.807, 2.05) is 73.5 Å². The van der Waals surface area contributed by atoms with E-state index in [4.69, 9.17) is 4.42 Å². The molecule has 1 saturated carbocycles. The molecule has 3 aromatic rings. The van der Waals surface area contributed by atoms with Crippen LogP contribution in [0.15, 0.2) is 65.4 Å². The van der Waals surface area contributed by atoms with Gasteiger partial charge in [-0.15, -0.1) is 0 Å². The molecule has 0 bridgehead atoms. The van der Waals surface area contributed by atoms with Crippen molar-refractivity contribution in [1.29, 1.82) is 0 Å². The van der Waals surface area contributed by atoms with Crippen molar-refractivity contribution in [2.75, 3.05) is 11.4 Å². The van der Waals surface area contributed by atoms with Gasteiger partial charge in [-0.25, -0.2) is 0 Å². The highest BCUT2D eigenvalue weighted by Crippen LogP contribution is 2.42. The minimum absolute atomic E-state index is 0.0284. The maximum absolute atomic E-state index is 14.0. The first-order valence-corrected chi connectivity index (χ1v) is 12.0. The van der Waals surface area contributed by atoms with Crippen LogP contribution < -0.4 is 4.90 Å². The second-order valence-corrected chi connectivity index (χ2v) is 9.37. The first-order valence-electron chi connectivity index (χ1n) is 12.0. The lowest BCUT2D eigenvalue weighted by molar-refractivity contribution is -0.141. The molecule has 1 unspecified atom stereocenters. The highest BCUT2D eigenvalue weighted by Gasteiger charge is 2.39. The Morgan fingerprint density at radius 2 is 1.76 bits per heavy atom. The van der Waals surface area contributed by atoms with Crippen molar-refractivity contribution in [1.82, 2.24) is 9.47 Å². The van der Waals surface area contributed by atoms with Crippen LogP contribution in [0.5, 0.6) is 0 Å². The Morgan fingerprint density at radius 3 is 2.45 bits per heavy atom. The van der Waals surface area contributed by atoms with Crippen molar-refractivity contribution < 1.29 is 14.0 Å². The molecule has 2 aromatic heterocycles. The molecule has 0 saturated heterocycles. The fourth-order valence-corrected chi connectivity index (χ4v) is 5.30. The highest BCUT2D eigenvalue weighted by atomic mass is 16.3. The minimum Gasteiger partial charge on any atom is -0.467 e. The smallest absolute Gasteiger partial charge is 0.247 e. The van der Waals surface area contributed by atoms with E-state index in [0.29, 0.717) is 5.76 Å². The molecule has 6 heteroatoms. The summed E-state index contributed by atoms with van der Waals surface area (Å²) in [7, 11) is 0. The number of nitrogens with zero attached hydrogens (tertiary/aromatic N) is 3. The normalized spacial score (nSPS) is 18.2. The molecule has 0 radical (unpaired) electrons. The van der Waals surface area contributed by atoms with Crippen LogP contribution >= 0.6 is 0 Å². The molecular formula is C27H31N3O3. The summed E-state index contributed by atoms with van der Waals surface area (Å²) in [6.07, 6.45) is 8.87. The zero-order valence-electron chi connectivity index (χ0n) is 19.3. The van der Waals surface area contributed by atoms with Crippen LogP contribution in [-0.4, -0.2) is 33.9 Å². The fraction of sp³-hybridized carbons (Fsp3) is 0.407. The molecule has 1 fully saturated rings. The van der Waals surface area contributed by atoms with Crippen molar-refractivity contribution in [3.8, 4) is 5.69 Å². The quantitative estimate of drug-likeness (QED) is 0.534. The average molecular weight is 446 g/mol. The van der Waals surface area contributed by atoms with E-state index in [1.54, 1.807) is 11.2 Å². The third-order valence-corrected chi connectivity index (χ3v) is 6.97. The third-order valence-electron chi connectivity index (χ3n) is 6.97. The van der Waals surface area contributed by atoms with Gasteiger partial charge in [-0.3, -0.25) is 14.5 Å². The van der Waals surface area contributed by atoms with Crippen molar-refractivity contribution in [2.24, 2.45) is 5.92 Å². The van der Waals surface area contributed by atoms with Gasteiger partial charge >= 0.3 is 0 Å². The molecule has 0 spiro atoms. The molecule has 172 valence electrons. The van der Waals surface area contributed by atoms with Crippen LogP contribution in [0.25, 0.3) is 5.69 Å². The van der Waals surface area contributed by atoms with Gasteiger partial charge in [0.25, 0.3) is 0 Å². The Bertz CT molecular complexity index is 1130. The first-order chi connectivity index (χ1) is 16.1. The largest absolute Gasteiger partial charge is 0.467 e. The molecule has 0 N–H and O–H groups in total. The van der Waals surface area contributed by atoms with Crippen LogP contribution in [0.3, 0.4) is 0 Å². The van der Waals surface area contributed by atoms with E-state index in [1.165, 1.54) is 6.42 Å². The third kappa shape index (κ3) is 3.88. The van der Waals surface area contributed by atoms with E-state index >= 15 is 0 Å². The van der Waals surface area contributed by atoms with Gasteiger partial charge < -0.3 is 13.9 Å². The fourth-order valence-electron chi connectivity index (χ4n) is 5.30. The Morgan fingerprint density at radius 1 is 1.00 bits per heavy atom. The van der Waals surface area contributed by atoms with E-state index in [9.17, 15) is 9.59 Å². The van der Waals surface area contributed by atoms with Gasteiger partial charge in [0.15, 0.2) is 0 Å². The average Bonchev–Trinajstić information content (AvgIpc) is 3.54. The van der Waals surface area contributed by atoms with Crippen LogP contribution in [0, 0.1) is 5.92 Å². The number of benzene rings is 1. The van der Waals surface area contributed by atoms with Crippen LogP contribution in [0.4, 0.5) is 5.69 Å². The molecule has 1 aromatic carbocycles. The molecule has 3 heterocycles. The monoisotopic (exact) mass is 445 g/mol. The summed E-state index contributed by atoms with van der Waals surface area (Å²) in [4.78, 5) is 31.0. The summed E-state index contributed by atoms with van der Waals surface area (Å²) in [6.45, 7) is 4.04. The van der Waals surface area contributed by atoms with Crippen molar-refractivity contribution in [3.05, 3.63) is 72.4 Å². The Labute approximate surface area is 194 Å². The standard InChI is InChI=1S/C27H31N3O3/c1-19(2)29(27(32)20-10-4-3-5-11-20)18-25(31)30-22-13-7-6-12-21(22)28-16-8-14-23(28)26(30)24-15-9-17-33-24/h6-9,12-17,19-20,26H,3-5,10-11,18H2,1-2H3. The highest BCUT2D eigenvalue weighted by molar-refractivity contribution is 6.00. The number of furan rings is 1. The molecule has 1 aliphatic heterocycles. The second-order valence-electron chi connectivity index (χ2n) is 9.37. The summed E-state index contributed by atoms with van der Waals surface area (Å²) < 4.78 is 7.91. The van der Waals surface area contributed by atoms with Gasteiger partial charge in [-0.2, -0.15) is 0 Å². The lowest BCUT2D eigenvalue weighted by Crippen LogP contribution is -2.50. The van der Waals surface area contributed by atoms with E-state index in [2.05, 4.69) is 4.57 Å².